The molecule has 110 valence electrons. The fourth-order valence-corrected chi connectivity index (χ4v) is 5.40. The monoisotopic (exact) mass is 413 g/mol. The standard InChI is InChI=1S/C15H13Br2NO3/c16-6-1-3-7(4-2-6)18-14(19)10-8-5-9-11(10)15(20)21-13(9)12(8)17/h1-4,8-13H,5H2,(H,18,19)/t8-,9-,10-,11+,12+,13+/m1/s1. The van der Waals surface area contributed by atoms with Gasteiger partial charge >= 0.3 is 5.97 Å². The third-order valence-electron chi connectivity index (χ3n) is 4.94. The first-order valence-electron chi connectivity index (χ1n) is 6.97. The highest BCUT2D eigenvalue weighted by atomic mass is 79.9. The smallest absolute Gasteiger partial charge is 0.310 e. The summed E-state index contributed by atoms with van der Waals surface area (Å²) >= 11 is 6.98. The van der Waals surface area contributed by atoms with E-state index in [1.807, 2.05) is 24.3 Å². The lowest BCUT2D eigenvalue weighted by Crippen LogP contribution is -2.40. The number of hydrogen-bond donors (Lipinski definition) is 1. The summed E-state index contributed by atoms with van der Waals surface area (Å²) in [4.78, 5) is 24.7. The summed E-state index contributed by atoms with van der Waals surface area (Å²) < 4.78 is 6.39. The number of amides is 1. The molecule has 0 unspecified atom stereocenters. The number of carbonyl (C=O) groups excluding carboxylic acids is 2. The van der Waals surface area contributed by atoms with Gasteiger partial charge in [-0.3, -0.25) is 9.59 Å². The highest BCUT2D eigenvalue weighted by molar-refractivity contribution is 9.10. The van der Waals surface area contributed by atoms with Crippen LogP contribution in [-0.2, 0) is 14.3 Å². The van der Waals surface area contributed by atoms with Crippen LogP contribution in [0.1, 0.15) is 6.42 Å². The first-order valence-corrected chi connectivity index (χ1v) is 8.68. The summed E-state index contributed by atoms with van der Waals surface area (Å²) in [6, 6.07) is 7.44. The number of halogens is 2. The van der Waals surface area contributed by atoms with E-state index >= 15 is 0 Å². The van der Waals surface area contributed by atoms with Crippen molar-refractivity contribution in [2.75, 3.05) is 5.32 Å². The molecule has 0 radical (unpaired) electrons. The summed E-state index contributed by atoms with van der Waals surface area (Å²) in [5, 5.41) is 2.93. The van der Waals surface area contributed by atoms with Crippen LogP contribution in [0.15, 0.2) is 28.7 Å². The third-order valence-corrected chi connectivity index (χ3v) is 6.67. The molecule has 2 aliphatic carbocycles. The molecule has 0 aromatic heterocycles. The van der Waals surface area contributed by atoms with Gasteiger partial charge in [0.05, 0.1) is 16.7 Å². The maximum absolute atomic E-state index is 12.6. The molecule has 4 nitrogen and oxygen atoms in total. The van der Waals surface area contributed by atoms with Crippen molar-refractivity contribution in [3.8, 4) is 0 Å². The van der Waals surface area contributed by atoms with Crippen LogP contribution < -0.4 is 5.32 Å². The molecule has 3 aliphatic rings. The SMILES string of the molecule is O=C(Nc1ccc(Br)cc1)[C@@H]1[C@H]2C[C@H]3[C@H](OC(=O)[C@@H]31)[C@H]2Br. The number of alkyl halides is 1. The van der Waals surface area contributed by atoms with Gasteiger partial charge in [0, 0.05) is 16.1 Å². The van der Waals surface area contributed by atoms with Crippen LogP contribution in [0.3, 0.4) is 0 Å². The number of esters is 1. The van der Waals surface area contributed by atoms with E-state index < -0.39 is 0 Å². The Morgan fingerprint density at radius 1 is 1.24 bits per heavy atom. The Hall–Kier alpha value is -0.880. The molecule has 4 rings (SSSR count). The highest BCUT2D eigenvalue weighted by Crippen LogP contribution is 2.60. The molecule has 2 bridgehead atoms. The number of benzene rings is 1. The summed E-state index contributed by atoms with van der Waals surface area (Å²) in [6.45, 7) is 0. The molecule has 3 fully saturated rings. The van der Waals surface area contributed by atoms with Gasteiger partial charge in [-0.15, -0.1) is 0 Å². The number of carbonyl (C=O) groups is 2. The molecule has 1 N–H and O–H groups in total. The number of hydrogen-bond acceptors (Lipinski definition) is 3. The molecule has 2 saturated carbocycles. The van der Waals surface area contributed by atoms with E-state index in [9.17, 15) is 9.59 Å². The second-order valence-electron chi connectivity index (χ2n) is 5.96. The minimum absolute atomic E-state index is 0.0377. The molecule has 1 heterocycles. The van der Waals surface area contributed by atoms with Crippen molar-refractivity contribution in [1.82, 2.24) is 0 Å². The van der Waals surface area contributed by atoms with E-state index in [-0.39, 0.29) is 46.5 Å². The first-order chi connectivity index (χ1) is 10.1. The van der Waals surface area contributed by atoms with Crippen LogP contribution in [0.25, 0.3) is 0 Å². The number of fused-ring (bicyclic) bond motifs is 1. The van der Waals surface area contributed by atoms with E-state index in [1.54, 1.807) is 0 Å². The normalized spacial score (nSPS) is 39.4. The Kier molecular flexibility index (Phi) is 3.15. The van der Waals surface area contributed by atoms with Crippen LogP contribution >= 0.6 is 31.9 Å². The largest absolute Gasteiger partial charge is 0.461 e. The Balaban J connectivity index is 1.57. The predicted octanol–water partition coefficient (Wildman–Crippen LogP) is 2.96. The molecule has 6 heteroatoms. The Morgan fingerprint density at radius 2 is 1.95 bits per heavy atom. The third kappa shape index (κ3) is 1.99. The summed E-state index contributed by atoms with van der Waals surface area (Å²) in [5.74, 6) is -0.431. The first kappa shape index (κ1) is 13.8. The number of ether oxygens (including phenoxy) is 1. The average Bonchev–Trinajstić information content (AvgIpc) is 3.05. The minimum atomic E-state index is -0.283. The number of anilines is 1. The Bertz CT molecular complexity index is 618. The predicted molar refractivity (Wildman–Crippen MR) is 83.9 cm³/mol. The highest BCUT2D eigenvalue weighted by Gasteiger charge is 2.67. The van der Waals surface area contributed by atoms with Crippen molar-refractivity contribution < 1.29 is 14.3 Å². The van der Waals surface area contributed by atoms with E-state index in [2.05, 4.69) is 37.2 Å². The van der Waals surface area contributed by atoms with Gasteiger partial charge in [-0.1, -0.05) is 31.9 Å². The minimum Gasteiger partial charge on any atom is -0.461 e. The topological polar surface area (TPSA) is 55.4 Å². The van der Waals surface area contributed by atoms with E-state index in [0.29, 0.717) is 0 Å². The van der Waals surface area contributed by atoms with E-state index in [0.717, 1.165) is 16.6 Å². The van der Waals surface area contributed by atoms with Gasteiger partial charge in [-0.25, -0.2) is 0 Å². The van der Waals surface area contributed by atoms with Gasteiger partial charge in [0.2, 0.25) is 5.91 Å². The lowest BCUT2D eigenvalue weighted by atomic mass is 9.79. The molecule has 1 aromatic carbocycles. The van der Waals surface area contributed by atoms with Crippen molar-refractivity contribution in [2.24, 2.45) is 23.7 Å². The second kappa shape index (κ2) is 4.81. The van der Waals surface area contributed by atoms with Crippen molar-refractivity contribution in [2.45, 2.75) is 17.4 Å². The zero-order valence-corrected chi connectivity index (χ0v) is 14.1. The quantitative estimate of drug-likeness (QED) is 0.597. The molecule has 21 heavy (non-hydrogen) atoms. The molecule has 6 atom stereocenters. The summed E-state index contributed by atoms with van der Waals surface area (Å²) in [6.07, 6.45) is 0.860. The molecular formula is C15H13Br2NO3. The van der Waals surface area contributed by atoms with Crippen molar-refractivity contribution >= 4 is 49.4 Å². The Labute approximate surface area is 138 Å². The van der Waals surface area contributed by atoms with Crippen LogP contribution in [0, 0.1) is 23.7 Å². The van der Waals surface area contributed by atoms with Gasteiger partial charge in [0.1, 0.15) is 6.10 Å². The summed E-state index contributed by atoms with van der Waals surface area (Å²) in [5.41, 5.74) is 0.750. The van der Waals surface area contributed by atoms with Crippen LogP contribution in [-0.4, -0.2) is 22.8 Å². The van der Waals surface area contributed by atoms with Crippen LogP contribution in [0.2, 0.25) is 0 Å². The van der Waals surface area contributed by atoms with Gasteiger partial charge in [0.25, 0.3) is 0 Å². The van der Waals surface area contributed by atoms with Gasteiger partial charge in [-0.05, 0) is 36.6 Å². The zero-order chi connectivity index (χ0) is 14.7. The lowest BCUT2D eigenvalue weighted by Gasteiger charge is -2.27. The fourth-order valence-electron chi connectivity index (χ4n) is 4.09. The molecular weight excluding hydrogens is 402 g/mol. The Morgan fingerprint density at radius 3 is 2.67 bits per heavy atom. The lowest BCUT2D eigenvalue weighted by molar-refractivity contribution is -0.145. The second-order valence-corrected chi connectivity index (χ2v) is 7.93. The van der Waals surface area contributed by atoms with Gasteiger partial charge in [-0.2, -0.15) is 0 Å². The molecule has 1 aromatic rings. The van der Waals surface area contributed by atoms with Crippen molar-refractivity contribution in [3.05, 3.63) is 28.7 Å². The van der Waals surface area contributed by atoms with Crippen LogP contribution in [0.5, 0.6) is 0 Å². The van der Waals surface area contributed by atoms with E-state index in [1.165, 1.54) is 0 Å². The fraction of sp³-hybridized carbons (Fsp3) is 0.467. The molecule has 1 amide bonds. The maximum Gasteiger partial charge on any atom is 0.310 e. The number of nitrogens with one attached hydrogen (secondary N) is 1. The molecule has 1 saturated heterocycles. The van der Waals surface area contributed by atoms with Gasteiger partial charge in [0.15, 0.2) is 0 Å². The van der Waals surface area contributed by atoms with Crippen molar-refractivity contribution in [3.63, 3.8) is 0 Å². The maximum atomic E-state index is 12.6. The van der Waals surface area contributed by atoms with E-state index in [4.69, 9.17) is 4.74 Å². The average molecular weight is 415 g/mol. The van der Waals surface area contributed by atoms with Gasteiger partial charge < -0.3 is 10.1 Å². The zero-order valence-electron chi connectivity index (χ0n) is 11.0. The van der Waals surface area contributed by atoms with Crippen LogP contribution in [0.4, 0.5) is 5.69 Å². The number of rotatable bonds is 2. The van der Waals surface area contributed by atoms with Crippen molar-refractivity contribution in [1.29, 1.82) is 0 Å². The molecule has 0 spiro atoms. The molecule has 1 aliphatic heterocycles. The summed E-state index contributed by atoms with van der Waals surface area (Å²) in [7, 11) is 0.